The molecular weight excluding hydrogens is 762 g/mol. The first-order valence-electron chi connectivity index (χ1n) is 20.6. The molecule has 6 nitrogen and oxygen atoms in total. The van der Waals surface area contributed by atoms with Crippen molar-refractivity contribution in [3.8, 4) is 56.6 Å². The van der Waals surface area contributed by atoms with Gasteiger partial charge in [-0.25, -0.2) is 0 Å². The van der Waals surface area contributed by atoms with E-state index in [9.17, 15) is 20.4 Å². The Balaban J connectivity index is 1.25. The van der Waals surface area contributed by atoms with E-state index in [4.69, 9.17) is 15.7 Å². The summed E-state index contributed by atoms with van der Waals surface area (Å²) in [6, 6.07) is 49.2. The molecule has 2 heterocycles. The van der Waals surface area contributed by atoms with Gasteiger partial charge in [0.25, 0.3) is 0 Å². The summed E-state index contributed by atoms with van der Waals surface area (Å²) in [5, 5.41) is 53.7. The molecule has 1 aliphatic carbocycles. The Morgan fingerprint density at radius 2 is 1.02 bits per heavy atom. The van der Waals surface area contributed by atoms with Crippen LogP contribution >= 0.6 is 0 Å². The maximum Gasteiger partial charge on any atom is 0.200 e. The third-order valence-electron chi connectivity index (χ3n) is 12.9. The van der Waals surface area contributed by atoms with E-state index in [1.54, 1.807) is 4.57 Å². The molecule has 4 N–H and O–H groups in total. The number of hydrogen-bond acceptors (Lipinski definition) is 4. The van der Waals surface area contributed by atoms with Crippen LogP contribution in [0.5, 0.6) is 23.0 Å². The van der Waals surface area contributed by atoms with Crippen LogP contribution < -0.4 is 10.9 Å². The molecule has 12 rings (SSSR count). The second kappa shape index (κ2) is 13.3. The van der Waals surface area contributed by atoms with Crippen molar-refractivity contribution in [3.63, 3.8) is 0 Å². The van der Waals surface area contributed by atoms with Crippen molar-refractivity contribution in [2.24, 2.45) is 0 Å². The fourth-order valence-corrected chi connectivity index (χ4v) is 10.2. The maximum atomic E-state index is 12.7. The molecule has 11 aromatic rings. The highest BCUT2D eigenvalue weighted by Crippen LogP contribution is 2.51. The minimum absolute atomic E-state index is 0.109. The highest BCUT2D eigenvalue weighted by Gasteiger charge is 2.31. The molecule has 0 atom stereocenters. The fourth-order valence-electron chi connectivity index (χ4n) is 10.2. The lowest BCUT2D eigenvalue weighted by Crippen LogP contribution is -2.12. The van der Waals surface area contributed by atoms with Gasteiger partial charge in [0.05, 0.1) is 27.5 Å². The predicted octanol–water partition coefficient (Wildman–Crippen LogP) is 10.9. The zero-order chi connectivity index (χ0) is 42.0. The Labute approximate surface area is 358 Å². The number of fused-ring (bicyclic) bond motifs is 13. The van der Waals surface area contributed by atoms with E-state index >= 15 is 0 Å². The predicted molar refractivity (Wildman–Crippen MR) is 256 cm³/mol. The van der Waals surface area contributed by atoms with Gasteiger partial charge in [-0.1, -0.05) is 121 Å². The number of phenolic OH excluding ortho intramolecular Hbond substituents is 4. The number of benzene rings is 9. The number of aryl methyl sites for hydroxylation is 1. The fraction of sp³-hybridized carbons (Fsp3) is 0.0370. The monoisotopic (exact) mass is 796 g/mol. The van der Waals surface area contributed by atoms with Crippen LogP contribution in [0.4, 0.5) is 0 Å². The lowest BCUT2D eigenvalue weighted by Gasteiger charge is -2.20. The van der Waals surface area contributed by atoms with E-state index in [1.807, 2.05) is 66.7 Å². The highest BCUT2D eigenvalue weighted by molar-refractivity contribution is 6.49. The number of para-hydroxylation sites is 1. The van der Waals surface area contributed by atoms with Gasteiger partial charge in [-0.3, -0.25) is 0 Å². The summed E-state index contributed by atoms with van der Waals surface area (Å²) in [6.07, 6.45) is 6.21. The average Bonchev–Trinajstić information content (AvgIpc) is 3.87. The SMILES string of the molecule is [B]c1c(O)c2c(c3c(O)c(O)c(O)c([B])c3n2-c2ccc3c(c2)c2c(c4ccccc43)CCC=C2)c2c3ccccc3n(-c3cc(-c4ccccc4)cc(-c4ccccc4)c3)c12. The average molecular weight is 797 g/mol. The summed E-state index contributed by atoms with van der Waals surface area (Å²) in [6.45, 7) is 0. The molecule has 4 radical (unpaired) electrons. The van der Waals surface area contributed by atoms with Crippen LogP contribution in [0.1, 0.15) is 17.5 Å². The molecule has 290 valence electrons. The molecule has 0 amide bonds. The van der Waals surface area contributed by atoms with Gasteiger partial charge < -0.3 is 29.6 Å². The maximum absolute atomic E-state index is 12.7. The zero-order valence-corrected chi connectivity index (χ0v) is 33.3. The van der Waals surface area contributed by atoms with Crippen LogP contribution in [0, 0.1) is 0 Å². The molecule has 9 aromatic carbocycles. The van der Waals surface area contributed by atoms with Gasteiger partial charge in [0.15, 0.2) is 17.2 Å². The minimum atomic E-state index is -0.755. The number of nitrogens with zero attached hydrogens (tertiary/aromatic N) is 2. The van der Waals surface area contributed by atoms with Gasteiger partial charge in [-0.05, 0) is 115 Å². The van der Waals surface area contributed by atoms with Crippen molar-refractivity contribution in [2.75, 3.05) is 0 Å². The number of hydrogen-bond donors (Lipinski definition) is 4. The molecular formula is C54H34B2N2O4. The number of aromatic hydroxyl groups is 4. The summed E-state index contributed by atoms with van der Waals surface area (Å²) < 4.78 is 3.81. The minimum Gasteiger partial charge on any atom is -0.506 e. The normalized spacial score (nSPS) is 12.7. The lowest BCUT2D eigenvalue weighted by atomic mass is 9.86. The van der Waals surface area contributed by atoms with E-state index in [2.05, 4.69) is 95.6 Å². The van der Waals surface area contributed by atoms with E-state index in [0.717, 1.165) is 73.4 Å². The van der Waals surface area contributed by atoms with Crippen LogP contribution in [0.15, 0.2) is 152 Å². The Hall–Kier alpha value is -7.83. The topological polar surface area (TPSA) is 90.8 Å². The van der Waals surface area contributed by atoms with Crippen molar-refractivity contribution >= 4 is 97.9 Å². The Morgan fingerprint density at radius 1 is 0.419 bits per heavy atom. The van der Waals surface area contributed by atoms with Gasteiger partial charge in [0.1, 0.15) is 21.4 Å². The molecule has 0 spiro atoms. The lowest BCUT2D eigenvalue weighted by molar-refractivity contribution is 0.373. The Bertz CT molecular complexity index is 3700. The highest BCUT2D eigenvalue weighted by atomic mass is 16.3. The molecule has 0 saturated carbocycles. The smallest absolute Gasteiger partial charge is 0.200 e. The van der Waals surface area contributed by atoms with Crippen molar-refractivity contribution in [1.29, 1.82) is 0 Å². The van der Waals surface area contributed by atoms with Gasteiger partial charge in [0.2, 0.25) is 0 Å². The van der Waals surface area contributed by atoms with Crippen molar-refractivity contribution in [3.05, 3.63) is 163 Å². The summed E-state index contributed by atoms with van der Waals surface area (Å²) in [4.78, 5) is 0. The van der Waals surface area contributed by atoms with Crippen LogP contribution in [0.25, 0.3) is 105 Å². The molecule has 1 aliphatic rings. The summed E-state index contributed by atoms with van der Waals surface area (Å²) in [7, 11) is 14.0. The number of allylic oxidation sites excluding steroid dienone is 1. The summed E-state index contributed by atoms with van der Waals surface area (Å²) in [5.74, 6) is -2.23. The third kappa shape index (κ3) is 4.95. The van der Waals surface area contributed by atoms with Crippen LogP contribution in [0.3, 0.4) is 0 Å². The van der Waals surface area contributed by atoms with E-state index < -0.39 is 17.2 Å². The van der Waals surface area contributed by atoms with Gasteiger partial charge >= 0.3 is 0 Å². The molecule has 8 heteroatoms. The summed E-state index contributed by atoms with van der Waals surface area (Å²) in [5.41, 5.74) is 9.58. The molecule has 0 unspecified atom stereocenters. The van der Waals surface area contributed by atoms with Crippen LogP contribution in [-0.4, -0.2) is 45.3 Å². The number of aromatic nitrogens is 2. The first-order valence-corrected chi connectivity index (χ1v) is 20.6. The molecule has 0 aliphatic heterocycles. The molecule has 0 bridgehead atoms. The standard InChI is InChI=1S/C54H34B2N2O4/c55-46-48-43(40-21-11-12-22-42(40)57(48)34-26-31(29-13-3-1-4-14-29)25-32(27-34)30-15-5-2-6-16-30)44-45-49(47(56)53(61)54(62)51(45)59)58(50(44)52(46)60)33-23-24-39-37-19-8-7-17-35(37)36-18-9-10-20-38(36)41(39)28-33/h1-8,10-17,19-28,59-62H,9,18H2. The largest absolute Gasteiger partial charge is 0.506 e. The van der Waals surface area contributed by atoms with Crippen molar-refractivity contribution in [2.45, 2.75) is 12.8 Å². The van der Waals surface area contributed by atoms with E-state index in [0.29, 0.717) is 22.0 Å². The molecule has 2 aromatic heterocycles. The second-order valence-electron chi connectivity index (χ2n) is 16.2. The first-order chi connectivity index (χ1) is 30.3. The van der Waals surface area contributed by atoms with Gasteiger partial charge in [-0.15, -0.1) is 0 Å². The molecule has 0 fully saturated rings. The van der Waals surface area contributed by atoms with Crippen LogP contribution in [0.2, 0.25) is 0 Å². The molecule has 0 saturated heterocycles. The quantitative estimate of drug-likeness (QED) is 0.0811. The third-order valence-corrected chi connectivity index (χ3v) is 12.9. The molecule has 62 heavy (non-hydrogen) atoms. The Kier molecular flexibility index (Phi) is 7.76. The number of phenols is 4. The van der Waals surface area contributed by atoms with Crippen molar-refractivity contribution in [1.82, 2.24) is 9.13 Å². The van der Waals surface area contributed by atoms with Crippen molar-refractivity contribution < 1.29 is 20.4 Å². The van der Waals surface area contributed by atoms with E-state index in [-0.39, 0.29) is 33.1 Å². The van der Waals surface area contributed by atoms with Gasteiger partial charge in [-0.2, -0.15) is 0 Å². The summed E-state index contributed by atoms with van der Waals surface area (Å²) >= 11 is 0. The van der Waals surface area contributed by atoms with E-state index in [1.165, 1.54) is 10.9 Å². The first kappa shape index (κ1) is 36.1. The van der Waals surface area contributed by atoms with Crippen LogP contribution in [-0.2, 0) is 6.42 Å². The zero-order valence-electron chi connectivity index (χ0n) is 33.3. The van der Waals surface area contributed by atoms with Gasteiger partial charge in [0, 0.05) is 27.5 Å². The second-order valence-corrected chi connectivity index (χ2v) is 16.2. The Morgan fingerprint density at radius 3 is 1.73 bits per heavy atom. The number of rotatable bonds is 4.